The molecule has 0 amide bonds. The summed E-state index contributed by atoms with van der Waals surface area (Å²) in [5.74, 6) is 0.825. The van der Waals surface area contributed by atoms with Crippen molar-refractivity contribution in [1.29, 1.82) is 0 Å². The highest BCUT2D eigenvalue weighted by Gasteiger charge is 2.16. The van der Waals surface area contributed by atoms with Crippen molar-refractivity contribution in [3.63, 3.8) is 0 Å². The zero-order chi connectivity index (χ0) is 9.68. The van der Waals surface area contributed by atoms with E-state index in [1.54, 1.807) is 0 Å². The lowest BCUT2D eigenvalue weighted by Gasteiger charge is -2.29. The smallest absolute Gasteiger partial charge is 0.0265 e. The number of hydrogen-bond acceptors (Lipinski definition) is 2. The van der Waals surface area contributed by atoms with Crippen LogP contribution in [-0.4, -0.2) is 38.1 Å². The Morgan fingerprint density at radius 3 is 3.08 bits per heavy atom. The standard InChI is InChI=1S/C10H19BrN2/c1-9(11)6-12-7-10-4-3-5-13(2)8-10/h10,12H,1,3-8H2,2H3. The van der Waals surface area contributed by atoms with Gasteiger partial charge in [-0.05, 0) is 38.9 Å². The normalized spacial score (nSPS) is 24.6. The Hall–Kier alpha value is 0.140. The van der Waals surface area contributed by atoms with E-state index in [1.165, 1.54) is 25.9 Å². The summed E-state index contributed by atoms with van der Waals surface area (Å²) in [6.45, 7) is 8.31. The van der Waals surface area contributed by atoms with Crippen LogP contribution in [0.3, 0.4) is 0 Å². The average Bonchev–Trinajstić information content (AvgIpc) is 2.03. The van der Waals surface area contributed by atoms with E-state index in [9.17, 15) is 0 Å². The van der Waals surface area contributed by atoms with Crippen molar-refractivity contribution in [2.45, 2.75) is 12.8 Å². The van der Waals surface area contributed by atoms with Gasteiger partial charge in [-0.25, -0.2) is 0 Å². The minimum absolute atomic E-state index is 0.825. The summed E-state index contributed by atoms with van der Waals surface area (Å²) in [4.78, 5) is 2.42. The van der Waals surface area contributed by atoms with Gasteiger partial charge in [0.2, 0.25) is 0 Å². The van der Waals surface area contributed by atoms with Gasteiger partial charge in [-0.3, -0.25) is 0 Å². The molecule has 0 bridgehead atoms. The number of hydrogen-bond donors (Lipinski definition) is 1. The Morgan fingerprint density at radius 1 is 1.69 bits per heavy atom. The summed E-state index contributed by atoms with van der Waals surface area (Å²) in [6, 6.07) is 0. The minimum Gasteiger partial charge on any atom is -0.312 e. The lowest BCUT2D eigenvalue weighted by atomic mass is 9.98. The number of piperidine rings is 1. The van der Waals surface area contributed by atoms with E-state index in [0.717, 1.165) is 23.5 Å². The van der Waals surface area contributed by atoms with Crippen LogP contribution in [-0.2, 0) is 0 Å². The van der Waals surface area contributed by atoms with Crippen LogP contribution in [0.25, 0.3) is 0 Å². The van der Waals surface area contributed by atoms with Crippen molar-refractivity contribution in [2.24, 2.45) is 5.92 Å². The second-order valence-electron chi connectivity index (χ2n) is 3.92. The molecule has 0 aromatic carbocycles. The first-order chi connectivity index (χ1) is 6.18. The number of halogens is 1. The Labute approximate surface area is 89.5 Å². The van der Waals surface area contributed by atoms with Crippen LogP contribution in [0, 0.1) is 5.92 Å². The summed E-state index contributed by atoms with van der Waals surface area (Å²) in [5, 5.41) is 3.40. The predicted molar refractivity (Wildman–Crippen MR) is 61.2 cm³/mol. The molecule has 0 spiro atoms. The molecule has 0 aromatic rings. The maximum Gasteiger partial charge on any atom is 0.0265 e. The molecule has 3 heteroatoms. The third kappa shape index (κ3) is 4.79. The van der Waals surface area contributed by atoms with E-state index >= 15 is 0 Å². The number of rotatable bonds is 4. The molecule has 0 saturated carbocycles. The van der Waals surface area contributed by atoms with Crippen molar-refractivity contribution in [2.75, 3.05) is 33.2 Å². The summed E-state index contributed by atoms with van der Waals surface area (Å²) >= 11 is 3.34. The van der Waals surface area contributed by atoms with Crippen molar-refractivity contribution in [3.8, 4) is 0 Å². The second kappa shape index (κ2) is 5.78. The monoisotopic (exact) mass is 246 g/mol. The Morgan fingerprint density at radius 2 is 2.46 bits per heavy atom. The highest BCUT2D eigenvalue weighted by atomic mass is 79.9. The molecule has 1 aliphatic rings. The first kappa shape index (κ1) is 11.2. The summed E-state index contributed by atoms with van der Waals surface area (Å²) in [7, 11) is 2.20. The number of nitrogens with zero attached hydrogens (tertiary/aromatic N) is 1. The predicted octanol–water partition coefficient (Wildman–Crippen LogP) is 1.83. The van der Waals surface area contributed by atoms with E-state index in [0.29, 0.717) is 0 Å². The SMILES string of the molecule is C=C(Br)CNCC1CCCN(C)C1. The van der Waals surface area contributed by atoms with E-state index in [4.69, 9.17) is 0 Å². The average molecular weight is 247 g/mol. The third-order valence-corrected chi connectivity index (χ3v) is 2.75. The van der Waals surface area contributed by atoms with Gasteiger partial charge >= 0.3 is 0 Å². The maximum atomic E-state index is 3.80. The van der Waals surface area contributed by atoms with Gasteiger partial charge in [0.1, 0.15) is 0 Å². The van der Waals surface area contributed by atoms with Crippen LogP contribution < -0.4 is 5.32 Å². The molecule has 1 rings (SSSR count). The highest BCUT2D eigenvalue weighted by molar-refractivity contribution is 9.11. The lowest BCUT2D eigenvalue weighted by Crippen LogP contribution is -2.37. The van der Waals surface area contributed by atoms with Gasteiger partial charge in [-0.2, -0.15) is 0 Å². The van der Waals surface area contributed by atoms with Gasteiger partial charge in [0, 0.05) is 17.6 Å². The molecule has 1 saturated heterocycles. The van der Waals surface area contributed by atoms with Gasteiger partial charge in [0.15, 0.2) is 0 Å². The molecular formula is C10H19BrN2. The van der Waals surface area contributed by atoms with Crippen molar-refractivity contribution in [1.82, 2.24) is 10.2 Å². The van der Waals surface area contributed by atoms with E-state index in [-0.39, 0.29) is 0 Å². The van der Waals surface area contributed by atoms with Crippen LogP contribution in [0.5, 0.6) is 0 Å². The van der Waals surface area contributed by atoms with E-state index < -0.39 is 0 Å². The molecule has 1 unspecified atom stereocenters. The van der Waals surface area contributed by atoms with Crippen molar-refractivity contribution in [3.05, 3.63) is 11.1 Å². The van der Waals surface area contributed by atoms with E-state index in [1.807, 2.05) is 0 Å². The first-order valence-electron chi connectivity index (χ1n) is 4.91. The lowest BCUT2D eigenvalue weighted by molar-refractivity contribution is 0.207. The van der Waals surface area contributed by atoms with Crippen LogP contribution in [0.2, 0.25) is 0 Å². The number of nitrogens with one attached hydrogen (secondary N) is 1. The molecule has 1 N–H and O–H groups in total. The number of likely N-dealkylation sites (tertiary alicyclic amines) is 1. The molecule has 1 heterocycles. The fraction of sp³-hybridized carbons (Fsp3) is 0.800. The van der Waals surface area contributed by atoms with Crippen molar-refractivity contribution >= 4 is 15.9 Å². The van der Waals surface area contributed by atoms with Gasteiger partial charge in [0.05, 0.1) is 0 Å². The van der Waals surface area contributed by atoms with Crippen molar-refractivity contribution < 1.29 is 0 Å². The van der Waals surface area contributed by atoms with Gasteiger partial charge in [-0.1, -0.05) is 22.5 Å². The zero-order valence-corrected chi connectivity index (χ0v) is 9.94. The largest absolute Gasteiger partial charge is 0.312 e. The first-order valence-corrected chi connectivity index (χ1v) is 5.70. The molecule has 13 heavy (non-hydrogen) atoms. The Balaban J connectivity index is 2.10. The van der Waals surface area contributed by atoms with Gasteiger partial charge in [0.25, 0.3) is 0 Å². The fourth-order valence-corrected chi connectivity index (χ4v) is 2.05. The second-order valence-corrected chi connectivity index (χ2v) is 5.04. The summed E-state index contributed by atoms with van der Waals surface area (Å²) < 4.78 is 1.04. The van der Waals surface area contributed by atoms with Gasteiger partial charge < -0.3 is 10.2 Å². The third-order valence-electron chi connectivity index (χ3n) is 2.47. The van der Waals surface area contributed by atoms with Crippen LogP contribution in [0.15, 0.2) is 11.1 Å². The van der Waals surface area contributed by atoms with E-state index in [2.05, 4.69) is 39.8 Å². The molecule has 1 aliphatic heterocycles. The Kier molecular flexibility index (Phi) is 4.99. The topological polar surface area (TPSA) is 15.3 Å². The molecule has 0 radical (unpaired) electrons. The quantitative estimate of drug-likeness (QED) is 0.815. The zero-order valence-electron chi connectivity index (χ0n) is 8.35. The Bertz CT molecular complexity index is 170. The molecule has 1 atom stereocenters. The van der Waals surface area contributed by atoms with Crippen LogP contribution >= 0.6 is 15.9 Å². The maximum absolute atomic E-state index is 3.80. The minimum atomic E-state index is 0.825. The molecular weight excluding hydrogens is 228 g/mol. The molecule has 2 nitrogen and oxygen atoms in total. The fourth-order valence-electron chi connectivity index (χ4n) is 1.85. The van der Waals surface area contributed by atoms with Crippen LogP contribution in [0.1, 0.15) is 12.8 Å². The molecule has 0 aliphatic carbocycles. The molecule has 0 aromatic heterocycles. The highest BCUT2D eigenvalue weighted by Crippen LogP contribution is 2.13. The summed E-state index contributed by atoms with van der Waals surface area (Å²) in [5.41, 5.74) is 0. The molecule has 1 fully saturated rings. The van der Waals surface area contributed by atoms with Crippen LogP contribution in [0.4, 0.5) is 0 Å². The van der Waals surface area contributed by atoms with Gasteiger partial charge in [-0.15, -0.1) is 0 Å². The summed E-state index contributed by atoms with van der Waals surface area (Å²) in [6.07, 6.45) is 2.71. The molecule has 76 valence electrons.